The molecule has 1 aromatic carbocycles. The third-order valence-electron chi connectivity index (χ3n) is 3.93. The van der Waals surface area contributed by atoms with Gasteiger partial charge in [-0.2, -0.15) is 4.31 Å². The minimum atomic E-state index is -3.20. The molecule has 1 fully saturated rings. The van der Waals surface area contributed by atoms with Crippen molar-refractivity contribution in [3.63, 3.8) is 0 Å². The van der Waals surface area contributed by atoms with Gasteiger partial charge in [0.05, 0.1) is 6.26 Å². The lowest BCUT2D eigenvalue weighted by Crippen LogP contribution is -2.54. The predicted octanol–water partition coefficient (Wildman–Crippen LogP) is 1.81. The summed E-state index contributed by atoms with van der Waals surface area (Å²) in [7, 11) is -1.58. The van der Waals surface area contributed by atoms with E-state index in [-0.39, 0.29) is 0 Å². The maximum Gasteiger partial charge on any atom is 0.211 e. The summed E-state index contributed by atoms with van der Waals surface area (Å²) in [6.07, 6.45) is 2.80. The Bertz CT molecular complexity index is 570. The van der Waals surface area contributed by atoms with Crippen molar-refractivity contribution in [1.29, 1.82) is 0 Å². The Morgan fingerprint density at radius 1 is 1.29 bits per heavy atom. The van der Waals surface area contributed by atoms with Crippen LogP contribution in [0.15, 0.2) is 24.3 Å². The quantitative estimate of drug-likeness (QED) is 0.832. The summed E-state index contributed by atoms with van der Waals surface area (Å²) >= 11 is 0. The Hall–Kier alpha value is -1.11. The van der Waals surface area contributed by atoms with Crippen LogP contribution < -0.4 is 4.74 Å². The van der Waals surface area contributed by atoms with Crippen molar-refractivity contribution in [2.24, 2.45) is 0 Å². The molecule has 1 aliphatic heterocycles. The summed E-state index contributed by atoms with van der Waals surface area (Å²) in [5.41, 5.74) is 0.594. The molecule has 0 aliphatic carbocycles. The largest absolute Gasteiger partial charge is 0.491 e. The number of sulfonamides is 1. The molecule has 1 aliphatic rings. The van der Waals surface area contributed by atoms with E-state index in [0.717, 1.165) is 18.6 Å². The molecule has 118 valence electrons. The topological polar surface area (TPSA) is 55.8 Å². The molecule has 1 aromatic rings. The summed E-state index contributed by atoms with van der Waals surface area (Å²) in [6.45, 7) is 3.26. The molecule has 0 radical (unpaired) electrons. The molecule has 0 bridgehead atoms. The van der Waals surface area contributed by atoms with Gasteiger partial charge in [0.25, 0.3) is 0 Å². The standard InChI is InChI=1S/C15H23NO4S/c1-13-5-7-14(8-6-13)20-12-15(19-2)9-4-10-16(11-15)21(3,17)18/h5-8H,4,9-12H2,1-3H3. The van der Waals surface area contributed by atoms with Crippen molar-refractivity contribution >= 4 is 10.0 Å². The van der Waals surface area contributed by atoms with Crippen molar-refractivity contribution in [3.8, 4) is 5.75 Å². The number of piperidine rings is 1. The number of rotatable bonds is 5. The fourth-order valence-corrected chi connectivity index (χ4v) is 3.46. The van der Waals surface area contributed by atoms with Gasteiger partial charge in [-0.25, -0.2) is 8.42 Å². The van der Waals surface area contributed by atoms with Crippen LogP contribution in [0, 0.1) is 6.92 Å². The van der Waals surface area contributed by atoms with Gasteiger partial charge in [-0.3, -0.25) is 0 Å². The first-order valence-electron chi connectivity index (χ1n) is 7.04. The minimum Gasteiger partial charge on any atom is -0.491 e. The zero-order valence-electron chi connectivity index (χ0n) is 12.8. The second-order valence-corrected chi connectivity index (χ2v) is 7.67. The third kappa shape index (κ3) is 4.18. The summed E-state index contributed by atoms with van der Waals surface area (Å²) in [5, 5.41) is 0. The van der Waals surface area contributed by atoms with Gasteiger partial charge >= 0.3 is 0 Å². The smallest absolute Gasteiger partial charge is 0.211 e. The van der Waals surface area contributed by atoms with E-state index in [1.165, 1.54) is 16.1 Å². The van der Waals surface area contributed by atoms with Crippen molar-refractivity contribution in [3.05, 3.63) is 29.8 Å². The number of aryl methyl sites for hydroxylation is 1. The molecule has 21 heavy (non-hydrogen) atoms. The predicted molar refractivity (Wildman–Crippen MR) is 82.1 cm³/mol. The molecule has 0 saturated carbocycles. The lowest BCUT2D eigenvalue weighted by atomic mass is 9.95. The van der Waals surface area contributed by atoms with Crippen molar-refractivity contribution < 1.29 is 17.9 Å². The van der Waals surface area contributed by atoms with Crippen molar-refractivity contribution in [2.75, 3.05) is 33.1 Å². The summed E-state index contributed by atoms with van der Waals surface area (Å²) < 4.78 is 36.4. The Kier molecular flexibility index (Phi) is 4.91. The zero-order chi connectivity index (χ0) is 15.5. The molecule has 1 unspecified atom stereocenters. The van der Waals surface area contributed by atoms with E-state index in [9.17, 15) is 8.42 Å². The summed E-state index contributed by atoms with van der Waals surface area (Å²) in [6, 6.07) is 7.79. The zero-order valence-corrected chi connectivity index (χ0v) is 13.6. The van der Waals surface area contributed by atoms with Crippen molar-refractivity contribution in [1.82, 2.24) is 4.31 Å². The SMILES string of the molecule is COC1(COc2ccc(C)cc2)CCCN(S(C)(=O)=O)C1. The van der Waals surface area contributed by atoms with E-state index >= 15 is 0 Å². The monoisotopic (exact) mass is 313 g/mol. The highest BCUT2D eigenvalue weighted by atomic mass is 32.2. The molecule has 0 spiro atoms. The van der Waals surface area contributed by atoms with Gasteiger partial charge in [-0.05, 0) is 31.9 Å². The molecule has 0 amide bonds. The second-order valence-electron chi connectivity index (χ2n) is 5.69. The van der Waals surface area contributed by atoms with E-state index < -0.39 is 15.6 Å². The maximum absolute atomic E-state index is 11.7. The molecular weight excluding hydrogens is 290 g/mol. The van der Waals surface area contributed by atoms with Crippen LogP contribution in [0.3, 0.4) is 0 Å². The maximum atomic E-state index is 11.7. The molecular formula is C15H23NO4S. The molecule has 1 heterocycles. The van der Waals surface area contributed by atoms with Gasteiger partial charge in [-0.15, -0.1) is 0 Å². The average molecular weight is 313 g/mol. The van der Waals surface area contributed by atoms with Crippen LogP contribution in [0.2, 0.25) is 0 Å². The molecule has 5 nitrogen and oxygen atoms in total. The molecule has 0 aromatic heterocycles. The fourth-order valence-electron chi connectivity index (χ4n) is 2.53. The normalized spacial score (nSPS) is 24.0. The number of methoxy groups -OCH3 is 1. The second kappa shape index (κ2) is 6.34. The van der Waals surface area contributed by atoms with Crippen LogP contribution in [0.4, 0.5) is 0 Å². The van der Waals surface area contributed by atoms with Crippen LogP contribution in [0.25, 0.3) is 0 Å². The Morgan fingerprint density at radius 3 is 2.52 bits per heavy atom. The highest BCUT2D eigenvalue weighted by Gasteiger charge is 2.39. The number of ether oxygens (including phenoxy) is 2. The first-order valence-corrected chi connectivity index (χ1v) is 8.89. The van der Waals surface area contributed by atoms with Gasteiger partial charge < -0.3 is 9.47 Å². The number of hydrogen-bond donors (Lipinski definition) is 0. The lowest BCUT2D eigenvalue weighted by molar-refractivity contribution is -0.0745. The van der Waals surface area contributed by atoms with Gasteiger partial charge in [0, 0.05) is 20.2 Å². The van der Waals surface area contributed by atoms with E-state index in [0.29, 0.717) is 19.7 Å². The van der Waals surface area contributed by atoms with E-state index in [4.69, 9.17) is 9.47 Å². The van der Waals surface area contributed by atoms with Crippen LogP contribution in [0.5, 0.6) is 5.75 Å². The number of nitrogens with zero attached hydrogens (tertiary/aromatic N) is 1. The molecule has 1 atom stereocenters. The first kappa shape index (κ1) is 16.3. The summed E-state index contributed by atoms with van der Waals surface area (Å²) in [5.74, 6) is 0.772. The number of benzene rings is 1. The minimum absolute atomic E-state index is 0.341. The van der Waals surface area contributed by atoms with Crippen molar-refractivity contribution in [2.45, 2.75) is 25.4 Å². The molecule has 1 saturated heterocycles. The Balaban J connectivity index is 2.05. The number of hydrogen-bond acceptors (Lipinski definition) is 4. The van der Waals surface area contributed by atoms with Crippen LogP contribution in [-0.2, 0) is 14.8 Å². The van der Waals surface area contributed by atoms with Crippen LogP contribution >= 0.6 is 0 Å². The first-order chi connectivity index (χ1) is 9.85. The Labute approximate surface area is 126 Å². The Morgan fingerprint density at radius 2 is 1.95 bits per heavy atom. The van der Waals surface area contributed by atoms with Crippen LogP contribution in [0.1, 0.15) is 18.4 Å². The summed E-state index contributed by atoms with van der Waals surface area (Å²) in [4.78, 5) is 0. The van der Waals surface area contributed by atoms with Gasteiger partial charge in [0.2, 0.25) is 10.0 Å². The van der Waals surface area contributed by atoms with Gasteiger partial charge in [0.1, 0.15) is 18.0 Å². The van der Waals surface area contributed by atoms with Gasteiger partial charge in [0.15, 0.2) is 0 Å². The van der Waals surface area contributed by atoms with E-state index in [1.807, 2.05) is 31.2 Å². The highest BCUT2D eigenvalue weighted by molar-refractivity contribution is 7.88. The highest BCUT2D eigenvalue weighted by Crippen LogP contribution is 2.27. The fraction of sp³-hybridized carbons (Fsp3) is 0.600. The van der Waals surface area contributed by atoms with Gasteiger partial charge in [-0.1, -0.05) is 17.7 Å². The lowest BCUT2D eigenvalue weighted by Gasteiger charge is -2.40. The molecule has 2 rings (SSSR count). The molecule has 0 N–H and O–H groups in total. The van der Waals surface area contributed by atoms with Crippen LogP contribution in [-0.4, -0.2) is 51.4 Å². The average Bonchev–Trinajstić information content (AvgIpc) is 2.46. The van der Waals surface area contributed by atoms with E-state index in [1.54, 1.807) is 7.11 Å². The van der Waals surface area contributed by atoms with E-state index in [2.05, 4.69) is 0 Å². The molecule has 6 heteroatoms. The third-order valence-corrected chi connectivity index (χ3v) is 5.18.